The number of benzene rings is 1. The first kappa shape index (κ1) is 21.0. The predicted molar refractivity (Wildman–Crippen MR) is 110 cm³/mol. The first-order valence-electron chi connectivity index (χ1n) is 9.46. The van der Waals surface area contributed by atoms with Gasteiger partial charge in [0.2, 0.25) is 5.82 Å². The van der Waals surface area contributed by atoms with Crippen LogP contribution < -0.4 is 10.1 Å². The second-order valence-electron chi connectivity index (χ2n) is 7.40. The van der Waals surface area contributed by atoms with E-state index >= 15 is 0 Å². The van der Waals surface area contributed by atoms with Gasteiger partial charge in [-0.2, -0.15) is 0 Å². The highest BCUT2D eigenvalue weighted by atomic mass is 32.2. The van der Waals surface area contributed by atoms with Gasteiger partial charge in [0.1, 0.15) is 6.10 Å². The fourth-order valence-electron chi connectivity index (χ4n) is 2.94. The molecule has 29 heavy (non-hydrogen) atoms. The van der Waals surface area contributed by atoms with Crippen molar-refractivity contribution in [1.29, 1.82) is 0 Å². The van der Waals surface area contributed by atoms with E-state index in [1.165, 1.54) is 24.0 Å². The number of hydrogen-bond donors (Lipinski definition) is 1. The van der Waals surface area contributed by atoms with Crippen LogP contribution in [0, 0.1) is 12.8 Å². The molecule has 8 heteroatoms. The highest BCUT2D eigenvalue weighted by Gasteiger charge is 2.35. The largest absolute Gasteiger partial charge is 0.482 e. The van der Waals surface area contributed by atoms with Crippen LogP contribution in [0.1, 0.15) is 47.6 Å². The van der Waals surface area contributed by atoms with E-state index in [1.807, 2.05) is 12.1 Å². The lowest BCUT2D eigenvalue weighted by Crippen LogP contribution is -2.32. The summed E-state index contributed by atoms with van der Waals surface area (Å²) in [7, 11) is -3.24. The molecule has 0 aliphatic heterocycles. The van der Waals surface area contributed by atoms with E-state index in [9.17, 15) is 13.2 Å². The number of nitrogens with one attached hydrogen (secondary N) is 1. The molecule has 0 spiro atoms. The zero-order chi connectivity index (χ0) is 21.0. The van der Waals surface area contributed by atoms with Crippen LogP contribution in [0.25, 0.3) is 0 Å². The van der Waals surface area contributed by atoms with Gasteiger partial charge in [0.05, 0.1) is 12.4 Å². The zero-order valence-electron chi connectivity index (χ0n) is 16.7. The lowest BCUT2D eigenvalue weighted by Gasteiger charge is -2.20. The minimum absolute atomic E-state index is 0.00387. The summed E-state index contributed by atoms with van der Waals surface area (Å²) >= 11 is 0. The lowest BCUT2D eigenvalue weighted by molar-refractivity contribution is 0.0936. The Morgan fingerprint density at radius 3 is 2.48 bits per heavy atom. The maximum atomic E-state index is 12.2. The van der Waals surface area contributed by atoms with Crippen molar-refractivity contribution < 1.29 is 17.9 Å². The van der Waals surface area contributed by atoms with Crippen molar-refractivity contribution >= 4 is 15.7 Å². The molecule has 1 N–H and O–H groups in total. The Balaban J connectivity index is 1.66. The summed E-state index contributed by atoms with van der Waals surface area (Å²) in [5.74, 6) is 0.490. The summed E-state index contributed by atoms with van der Waals surface area (Å²) < 4.78 is 28.5. The molecule has 0 saturated heterocycles. The average Bonchev–Trinajstić information content (AvgIpc) is 3.50. The van der Waals surface area contributed by atoms with Gasteiger partial charge < -0.3 is 10.1 Å². The lowest BCUT2D eigenvalue weighted by atomic mass is 10.00. The summed E-state index contributed by atoms with van der Waals surface area (Å²) in [6.45, 7) is 3.73. The Hall–Kier alpha value is -2.74. The van der Waals surface area contributed by atoms with Crippen molar-refractivity contribution in [3.63, 3.8) is 0 Å². The van der Waals surface area contributed by atoms with Crippen molar-refractivity contribution in [1.82, 2.24) is 15.3 Å². The Morgan fingerprint density at radius 1 is 1.24 bits per heavy atom. The molecule has 2 aromatic rings. The van der Waals surface area contributed by atoms with Crippen LogP contribution in [0.15, 0.2) is 48.1 Å². The van der Waals surface area contributed by atoms with Gasteiger partial charge >= 0.3 is 0 Å². The molecule has 1 fully saturated rings. The maximum Gasteiger partial charge on any atom is 0.289 e. The van der Waals surface area contributed by atoms with Crippen LogP contribution in [0.3, 0.4) is 0 Å². The van der Waals surface area contributed by atoms with E-state index in [2.05, 4.69) is 34.3 Å². The van der Waals surface area contributed by atoms with Crippen molar-refractivity contribution in [2.24, 2.45) is 5.92 Å². The van der Waals surface area contributed by atoms with E-state index in [-0.39, 0.29) is 11.9 Å². The smallest absolute Gasteiger partial charge is 0.289 e. The molecule has 7 nitrogen and oxygen atoms in total. The second-order valence-corrected chi connectivity index (χ2v) is 9.33. The molecule has 0 unspecified atom stereocenters. The fraction of sp³-hybridized carbons (Fsp3) is 0.381. The molecule has 1 heterocycles. The topological polar surface area (TPSA) is 98.2 Å². The molecule has 1 saturated carbocycles. The van der Waals surface area contributed by atoms with Gasteiger partial charge in [-0.25, -0.2) is 18.4 Å². The Morgan fingerprint density at radius 2 is 1.90 bits per heavy atom. The van der Waals surface area contributed by atoms with Crippen molar-refractivity contribution in [3.05, 3.63) is 65.1 Å². The molecule has 1 aliphatic carbocycles. The molecular weight excluding hydrogens is 390 g/mol. The first-order valence-corrected chi connectivity index (χ1v) is 11.4. The van der Waals surface area contributed by atoms with Crippen LogP contribution >= 0.6 is 0 Å². The average molecular weight is 416 g/mol. The number of aryl methyl sites for hydroxylation is 1. The minimum atomic E-state index is -3.24. The third-order valence-electron chi connectivity index (χ3n) is 4.61. The number of sulfone groups is 1. The van der Waals surface area contributed by atoms with Gasteiger partial charge in [-0.05, 0) is 37.8 Å². The summed E-state index contributed by atoms with van der Waals surface area (Å²) in [4.78, 5) is 20.4. The monoisotopic (exact) mass is 415 g/mol. The standard InChI is InChI=1S/C21H25N3O4S/c1-14-6-4-5-7-18(14)19(16-8-9-16)28-17-12-22-20(23-13-17)21(25)24-15(2)10-11-29(3,26)27/h4-7,10-13,15-16,19H,8-9H2,1-3H3,(H,24,25)/b11-10+/t15-,19+/m1/s1. The molecule has 3 rings (SSSR count). The fourth-order valence-corrected chi connectivity index (χ4v) is 3.46. The molecule has 1 aromatic carbocycles. The molecule has 0 bridgehead atoms. The minimum Gasteiger partial charge on any atom is -0.482 e. The van der Waals surface area contributed by atoms with Crippen molar-refractivity contribution in [2.45, 2.75) is 38.8 Å². The Kier molecular flexibility index (Phi) is 6.32. The van der Waals surface area contributed by atoms with Gasteiger partial charge in [-0.1, -0.05) is 30.3 Å². The molecule has 1 aliphatic rings. The molecule has 1 aromatic heterocycles. The van der Waals surface area contributed by atoms with Crippen LogP contribution in [-0.4, -0.2) is 36.6 Å². The van der Waals surface area contributed by atoms with E-state index in [4.69, 9.17) is 4.74 Å². The molecule has 1 amide bonds. The quantitative estimate of drug-likeness (QED) is 0.712. The van der Waals surface area contributed by atoms with Gasteiger partial charge in [-0.3, -0.25) is 4.79 Å². The van der Waals surface area contributed by atoms with E-state index in [1.54, 1.807) is 6.92 Å². The third-order valence-corrected chi connectivity index (χ3v) is 5.26. The van der Waals surface area contributed by atoms with E-state index in [0.717, 1.165) is 30.1 Å². The van der Waals surface area contributed by atoms with Gasteiger partial charge in [0.25, 0.3) is 5.91 Å². The van der Waals surface area contributed by atoms with Crippen LogP contribution in [-0.2, 0) is 9.84 Å². The van der Waals surface area contributed by atoms with Crippen LogP contribution in [0.4, 0.5) is 0 Å². The zero-order valence-corrected chi connectivity index (χ0v) is 17.5. The highest BCUT2D eigenvalue weighted by Crippen LogP contribution is 2.44. The Bertz CT molecular complexity index is 999. The van der Waals surface area contributed by atoms with Gasteiger partial charge in [-0.15, -0.1) is 0 Å². The van der Waals surface area contributed by atoms with Crippen LogP contribution in [0.5, 0.6) is 5.75 Å². The number of amides is 1. The summed E-state index contributed by atoms with van der Waals surface area (Å²) in [5.41, 5.74) is 2.33. The van der Waals surface area contributed by atoms with E-state index < -0.39 is 21.8 Å². The van der Waals surface area contributed by atoms with E-state index in [0.29, 0.717) is 11.7 Å². The molecule has 154 valence electrons. The number of hydrogen-bond acceptors (Lipinski definition) is 6. The van der Waals surface area contributed by atoms with Gasteiger partial charge in [0, 0.05) is 23.6 Å². The van der Waals surface area contributed by atoms with Gasteiger partial charge in [0.15, 0.2) is 15.6 Å². The van der Waals surface area contributed by atoms with Crippen molar-refractivity contribution in [3.8, 4) is 5.75 Å². The Labute approximate surface area is 171 Å². The highest BCUT2D eigenvalue weighted by molar-refractivity contribution is 7.93. The summed E-state index contributed by atoms with van der Waals surface area (Å²) in [5, 5.41) is 3.69. The number of carbonyl (C=O) groups is 1. The number of rotatable bonds is 8. The molecule has 2 atom stereocenters. The number of nitrogens with zero attached hydrogens (tertiary/aromatic N) is 2. The summed E-state index contributed by atoms with van der Waals surface area (Å²) in [6.07, 6.45) is 7.66. The number of ether oxygens (including phenoxy) is 1. The first-order chi connectivity index (χ1) is 13.7. The second kappa shape index (κ2) is 8.73. The SMILES string of the molecule is Cc1ccccc1[C@@H](Oc1cnc(C(=O)N[C@H](C)/C=C/S(C)(=O)=O)nc1)C1CC1. The molecule has 0 radical (unpaired) electrons. The maximum absolute atomic E-state index is 12.2. The third kappa shape index (κ3) is 6.12. The van der Waals surface area contributed by atoms with Crippen molar-refractivity contribution in [2.75, 3.05) is 6.26 Å². The van der Waals surface area contributed by atoms with Crippen LogP contribution in [0.2, 0.25) is 0 Å². The normalized spacial score (nSPS) is 16.4. The number of aromatic nitrogens is 2. The molecular formula is C21H25N3O4S. The number of carbonyl (C=O) groups excluding carboxylic acids is 1. The predicted octanol–water partition coefficient (Wildman–Crippen LogP) is 2.99. The summed E-state index contributed by atoms with van der Waals surface area (Å²) in [6, 6.07) is 7.68.